The van der Waals surface area contributed by atoms with E-state index in [9.17, 15) is 9.18 Å². The zero-order valence-electron chi connectivity index (χ0n) is 13.5. The van der Waals surface area contributed by atoms with Crippen LogP contribution in [0.15, 0.2) is 65.5 Å². The number of nitrogens with zero attached hydrogens (tertiary/aromatic N) is 3. The number of fused-ring (bicyclic) bond motifs is 1. The highest BCUT2D eigenvalue weighted by atomic mass is 19.1. The number of hydrogen-bond donors (Lipinski definition) is 1. The maximum absolute atomic E-state index is 13.0. The van der Waals surface area contributed by atoms with Crippen LogP contribution in [-0.4, -0.2) is 20.9 Å². The molecule has 26 heavy (non-hydrogen) atoms. The molecular weight excluding hydrogens is 335 g/mol. The van der Waals surface area contributed by atoms with Crippen LogP contribution in [0.3, 0.4) is 0 Å². The predicted octanol–water partition coefficient (Wildman–Crippen LogP) is 3.35. The highest BCUT2D eigenvalue weighted by molar-refractivity contribution is 5.92. The van der Waals surface area contributed by atoms with E-state index in [1.54, 1.807) is 24.3 Å². The molecule has 1 amide bonds. The van der Waals surface area contributed by atoms with Crippen molar-refractivity contribution in [2.75, 3.05) is 0 Å². The van der Waals surface area contributed by atoms with Crippen LogP contribution in [0.5, 0.6) is 0 Å². The normalized spacial score (nSPS) is 10.8. The Morgan fingerprint density at radius 3 is 2.73 bits per heavy atom. The minimum absolute atomic E-state index is 0.278. The van der Waals surface area contributed by atoms with Gasteiger partial charge in [-0.3, -0.25) is 4.79 Å². The highest BCUT2D eigenvalue weighted by Gasteiger charge is 2.10. The van der Waals surface area contributed by atoms with Crippen molar-refractivity contribution in [2.24, 2.45) is 0 Å². The van der Waals surface area contributed by atoms with Crippen LogP contribution in [0.1, 0.15) is 16.1 Å². The Morgan fingerprint density at radius 1 is 1.12 bits per heavy atom. The van der Waals surface area contributed by atoms with Gasteiger partial charge in [-0.2, -0.15) is 0 Å². The molecular formula is C19H13FN4O2. The van der Waals surface area contributed by atoms with E-state index >= 15 is 0 Å². The largest absolute Gasteiger partial charge is 0.436 e. The monoisotopic (exact) mass is 348 g/mol. The molecule has 2 aromatic carbocycles. The number of rotatable bonds is 4. The summed E-state index contributed by atoms with van der Waals surface area (Å²) < 4.78 is 18.7. The Morgan fingerprint density at radius 2 is 1.96 bits per heavy atom. The Bertz CT molecular complexity index is 1060. The maximum atomic E-state index is 13.0. The van der Waals surface area contributed by atoms with Crippen molar-refractivity contribution in [3.05, 3.63) is 78.1 Å². The molecule has 1 N–H and O–H groups in total. The summed E-state index contributed by atoms with van der Waals surface area (Å²) in [6.07, 6.45) is 2.84. The molecule has 0 spiro atoms. The summed E-state index contributed by atoms with van der Waals surface area (Å²) in [6.45, 7) is 0.331. The first-order valence-corrected chi connectivity index (χ1v) is 7.89. The zero-order chi connectivity index (χ0) is 17.9. The molecule has 0 fully saturated rings. The SMILES string of the molecule is O=C(NCc1ccc2oc(-c3ccc(F)cc3)nc2c1)c1ccncn1. The molecule has 6 nitrogen and oxygen atoms in total. The number of carbonyl (C=O) groups excluding carboxylic acids is 1. The Balaban J connectivity index is 1.52. The Kier molecular flexibility index (Phi) is 4.10. The van der Waals surface area contributed by atoms with Crippen molar-refractivity contribution in [3.63, 3.8) is 0 Å². The van der Waals surface area contributed by atoms with Gasteiger partial charge in [-0.15, -0.1) is 0 Å². The van der Waals surface area contributed by atoms with Crippen molar-refractivity contribution in [1.82, 2.24) is 20.3 Å². The number of amides is 1. The summed E-state index contributed by atoms with van der Waals surface area (Å²) in [7, 11) is 0. The second-order valence-electron chi connectivity index (χ2n) is 5.61. The van der Waals surface area contributed by atoms with E-state index in [1.165, 1.54) is 24.7 Å². The number of benzene rings is 2. The first kappa shape index (κ1) is 15.9. The van der Waals surface area contributed by atoms with Gasteiger partial charge in [0.15, 0.2) is 5.58 Å². The Hall–Kier alpha value is -3.61. The lowest BCUT2D eigenvalue weighted by Gasteiger charge is -2.04. The average molecular weight is 348 g/mol. The van der Waals surface area contributed by atoms with Crippen molar-refractivity contribution in [3.8, 4) is 11.5 Å². The van der Waals surface area contributed by atoms with Crippen LogP contribution in [0.4, 0.5) is 4.39 Å². The number of nitrogens with one attached hydrogen (secondary N) is 1. The second kappa shape index (κ2) is 6.72. The molecule has 0 atom stereocenters. The van der Waals surface area contributed by atoms with Gasteiger partial charge in [0.05, 0.1) is 0 Å². The fourth-order valence-corrected chi connectivity index (χ4v) is 2.50. The molecule has 0 aliphatic carbocycles. The third-order valence-electron chi connectivity index (χ3n) is 3.81. The molecule has 128 valence electrons. The number of halogens is 1. The van der Waals surface area contributed by atoms with Crippen LogP contribution in [0, 0.1) is 5.82 Å². The zero-order valence-corrected chi connectivity index (χ0v) is 13.5. The van der Waals surface area contributed by atoms with E-state index in [0.717, 1.165) is 5.56 Å². The molecule has 0 radical (unpaired) electrons. The fourth-order valence-electron chi connectivity index (χ4n) is 2.50. The molecule has 4 aromatic rings. The van der Waals surface area contributed by atoms with E-state index in [1.807, 2.05) is 12.1 Å². The van der Waals surface area contributed by atoms with Gasteiger partial charge in [-0.1, -0.05) is 6.07 Å². The topological polar surface area (TPSA) is 80.9 Å². The number of aromatic nitrogens is 3. The summed E-state index contributed by atoms with van der Waals surface area (Å²) in [6, 6.07) is 13.0. The standard InChI is InChI=1S/C19H13FN4O2/c20-14-4-2-13(3-5-14)19-24-16-9-12(1-6-17(16)26-19)10-22-18(25)15-7-8-21-11-23-15/h1-9,11H,10H2,(H,22,25). The number of oxazole rings is 1. The van der Waals surface area contributed by atoms with Gasteiger partial charge >= 0.3 is 0 Å². The molecule has 0 saturated heterocycles. The minimum Gasteiger partial charge on any atom is -0.436 e. The van der Waals surface area contributed by atoms with Crippen molar-refractivity contribution < 1.29 is 13.6 Å². The fraction of sp³-hybridized carbons (Fsp3) is 0.0526. The van der Waals surface area contributed by atoms with Crippen molar-refractivity contribution in [1.29, 1.82) is 0 Å². The van der Waals surface area contributed by atoms with Crippen LogP contribution in [0.2, 0.25) is 0 Å². The van der Waals surface area contributed by atoms with E-state index in [0.29, 0.717) is 34.8 Å². The lowest BCUT2D eigenvalue weighted by molar-refractivity contribution is 0.0945. The second-order valence-corrected chi connectivity index (χ2v) is 5.61. The van der Waals surface area contributed by atoms with E-state index < -0.39 is 0 Å². The lowest BCUT2D eigenvalue weighted by atomic mass is 10.2. The smallest absolute Gasteiger partial charge is 0.270 e. The van der Waals surface area contributed by atoms with Crippen molar-refractivity contribution in [2.45, 2.75) is 6.54 Å². The van der Waals surface area contributed by atoms with Gasteiger partial charge < -0.3 is 9.73 Å². The quantitative estimate of drug-likeness (QED) is 0.612. The predicted molar refractivity (Wildman–Crippen MR) is 92.6 cm³/mol. The molecule has 7 heteroatoms. The third kappa shape index (κ3) is 3.27. The molecule has 2 heterocycles. The van der Waals surface area contributed by atoms with Gasteiger partial charge in [0.25, 0.3) is 5.91 Å². The molecule has 2 aromatic heterocycles. The summed E-state index contributed by atoms with van der Waals surface area (Å²) >= 11 is 0. The van der Waals surface area contributed by atoms with Gasteiger partial charge in [0.2, 0.25) is 5.89 Å². The van der Waals surface area contributed by atoms with Crippen LogP contribution < -0.4 is 5.32 Å². The summed E-state index contributed by atoms with van der Waals surface area (Å²) in [5, 5.41) is 2.80. The molecule has 0 bridgehead atoms. The van der Waals surface area contributed by atoms with Gasteiger partial charge in [-0.05, 0) is 48.0 Å². The Labute approximate surface area is 147 Å². The number of hydrogen-bond acceptors (Lipinski definition) is 5. The number of carbonyl (C=O) groups is 1. The minimum atomic E-state index is -0.313. The van der Waals surface area contributed by atoms with Gasteiger partial charge in [0.1, 0.15) is 23.4 Å². The van der Waals surface area contributed by atoms with Crippen molar-refractivity contribution >= 4 is 17.0 Å². The average Bonchev–Trinajstić information content (AvgIpc) is 3.10. The highest BCUT2D eigenvalue weighted by Crippen LogP contribution is 2.25. The van der Waals surface area contributed by atoms with Crippen LogP contribution in [-0.2, 0) is 6.54 Å². The van der Waals surface area contributed by atoms with Crippen LogP contribution in [0.25, 0.3) is 22.6 Å². The van der Waals surface area contributed by atoms with Gasteiger partial charge in [-0.25, -0.2) is 19.3 Å². The first-order valence-electron chi connectivity index (χ1n) is 7.89. The third-order valence-corrected chi connectivity index (χ3v) is 3.81. The summed E-state index contributed by atoms with van der Waals surface area (Å²) in [5.74, 6) is -0.173. The molecule has 4 rings (SSSR count). The van der Waals surface area contributed by atoms with E-state index in [2.05, 4.69) is 20.3 Å². The molecule has 0 saturated carbocycles. The summed E-state index contributed by atoms with van der Waals surface area (Å²) in [4.78, 5) is 24.2. The molecule has 0 unspecified atom stereocenters. The van der Waals surface area contributed by atoms with Gasteiger partial charge in [0, 0.05) is 18.3 Å². The first-order chi connectivity index (χ1) is 12.7. The van der Waals surface area contributed by atoms with E-state index in [4.69, 9.17) is 4.42 Å². The van der Waals surface area contributed by atoms with E-state index in [-0.39, 0.29) is 11.7 Å². The van der Waals surface area contributed by atoms with Crippen LogP contribution >= 0.6 is 0 Å². The molecule has 0 aliphatic rings. The molecule has 0 aliphatic heterocycles. The summed E-state index contributed by atoms with van der Waals surface area (Å²) in [5.41, 5.74) is 3.16. The lowest BCUT2D eigenvalue weighted by Crippen LogP contribution is -2.23. The maximum Gasteiger partial charge on any atom is 0.270 e.